The van der Waals surface area contributed by atoms with Crippen LogP contribution in [0.2, 0.25) is 0 Å². The van der Waals surface area contributed by atoms with E-state index in [1.54, 1.807) is 30.0 Å². The van der Waals surface area contributed by atoms with Gasteiger partial charge in [0, 0.05) is 10.2 Å². The zero-order chi connectivity index (χ0) is 17.6. The maximum absolute atomic E-state index is 12.1. The predicted molar refractivity (Wildman–Crippen MR) is 95.5 cm³/mol. The number of allylic oxidation sites excluding steroid dienone is 1. The summed E-state index contributed by atoms with van der Waals surface area (Å²) in [5.41, 5.74) is 7.64. The number of hydrogen-bond donors (Lipinski definition) is 2. The van der Waals surface area contributed by atoms with Crippen molar-refractivity contribution in [2.45, 2.75) is 13.0 Å². The first-order valence-electron chi connectivity index (χ1n) is 7.58. The number of anilines is 1. The van der Waals surface area contributed by atoms with Gasteiger partial charge < -0.3 is 15.5 Å². The molecule has 3 heterocycles. The van der Waals surface area contributed by atoms with E-state index in [1.807, 2.05) is 24.3 Å². The summed E-state index contributed by atoms with van der Waals surface area (Å²) >= 11 is 3.42. The van der Waals surface area contributed by atoms with Crippen LogP contribution >= 0.6 is 15.9 Å². The number of carbonyl (C=O) groups excluding carboxylic acids is 1. The fraction of sp³-hybridized carbons (Fsp3) is 0.118. The predicted octanol–water partition coefficient (Wildman–Crippen LogP) is 3.07. The van der Waals surface area contributed by atoms with Gasteiger partial charge in [-0.05, 0) is 36.8 Å². The van der Waals surface area contributed by atoms with Crippen molar-refractivity contribution in [3.63, 3.8) is 0 Å². The molecule has 25 heavy (non-hydrogen) atoms. The van der Waals surface area contributed by atoms with Crippen molar-refractivity contribution in [1.82, 2.24) is 14.8 Å². The van der Waals surface area contributed by atoms with Gasteiger partial charge in [-0.2, -0.15) is 4.98 Å². The number of nitrogens with zero attached hydrogens (tertiary/aromatic N) is 3. The van der Waals surface area contributed by atoms with Crippen molar-refractivity contribution in [2.75, 3.05) is 5.32 Å². The van der Waals surface area contributed by atoms with Gasteiger partial charge in [0.15, 0.2) is 5.76 Å². The molecule has 4 rings (SSSR count). The Morgan fingerprint density at radius 1 is 1.32 bits per heavy atom. The van der Waals surface area contributed by atoms with Gasteiger partial charge in [0.2, 0.25) is 17.7 Å². The summed E-state index contributed by atoms with van der Waals surface area (Å²) in [6, 6.07) is 10.8. The van der Waals surface area contributed by atoms with Gasteiger partial charge in [0.25, 0.3) is 0 Å². The van der Waals surface area contributed by atoms with Crippen LogP contribution in [0.1, 0.15) is 18.5 Å². The molecule has 2 aromatic heterocycles. The van der Waals surface area contributed by atoms with Crippen LogP contribution in [0.3, 0.4) is 0 Å². The Labute approximate surface area is 151 Å². The monoisotopic (exact) mass is 399 g/mol. The fourth-order valence-corrected chi connectivity index (χ4v) is 3.20. The van der Waals surface area contributed by atoms with E-state index >= 15 is 0 Å². The zero-order valence-corrected chi connectivity index (χ0v) is 14.8. The number of benzene rings is 1. The molecule has 1 aromatic carbocycles. The standard InChI is InChI=1S/C17H14BrN5O2/c1-9-13(15(19)24)14(10-4-6-11(18)7-5-10)23-17(20-9)21-16(22-23)12-3-2-8-25-12/h2-8,14H,1H3,(H2,19,24)(H,20,21,22). The lowest BCUT2D eigenvalue weighted by Gasteiger charge is -2.27. The molecule has 1 aliphatic heterocycles. The van der Waals surface area contributed by atoms with Crippen LogP contribution in [-0.4, -0.2) is 20.7 Å². The molecule has 0 fully saturated rings. The van der Waals surface area contributed by atoms with Gasteiger partial charge in [-0.15, -0.1) is 5.10 Å². The van der Waals surface area contributed by atoms with Crippen LogP contribution in [0.15, 0.2) is 62.8 Å². The Hall–Kier alpha value is -2.87. The topological polar surface area (TPSA) is 99.0 Å². The molecule has 3 N–H and O–H groups in total. The van der Waals surface area contributed by atoms with E-state index in [2.05, 4.69) is 31.3 Å². The summed E-state index contributed by atoms with van der Waals surface area (Å²) in [4.78, 5) is 16.6. The molecule has 1 aliphatic rings. The maximum Gasteiger partial charge on any atom is 0.248 e. The lowest BCUT2D eigenvalue weighted by molar-refractivity contribution is -0.115. The first-order valence-corrected chi connectivity index (χ1v) is 8.37. The number of hydrogen-bond acceptors (Lipinski definition) is 5. The van der Waals surface area contributed by atoms with E-state index in [0.717, 1.165) is 10.0 Å². The molecule has 0 bridgehead atoms. The molecule has 0 saturated carbocycles. The van der Waals surface area contributed by atoms with Gasteiger partial charge >= 0.3 is 0 Å². The van der Waals surface area contributed by atoms with E-state index < -0.39 is 11.9 Å². The van der Waals surface area contributed by atoms with E-state index in [4.69, 9.17) is 10.2 Å². The lowest BCUT2D eigenvalue weighted by Crippen LogP contribution is -2.31. The van der Waals surface area contributed by atoms with Gasteiger partial charge in [0.1, 0.15) is 6.04 Å². The minimum Gasteiger partial charge on any atom is -0.461 e. The number of fused-ring (bicyclic) bond motifs is 1. The largest absolute Gasteiger partial charge is 0.461 e. The summed E-state index contributed by atoms with van der Waals surface area (Å²) in [5.74, 6) is 1.02. The average molecular weight is 400 g/mol. The van der Waals surface area contributed by atoms with Gasteiger partial charge in [-0.25, -0.2) is 4.68 Å². The van der Waals surface area contributed by atoms with Crippen molar-refractivity contribution in [1.29, 1.82) is 0 Å². The number of nitrogens with one attached hydrogen (secondary N) is 1. The van der Waals surface area contributed by atoms with Crippen molar-refractivity contribution in [3.05, 3.63) is 64.0 Å². The van der Waals surface area contributed by atoms with Crippen LogP contribution in [0.4, 0.5) is 5.95 Å². The molecule has 0 aliphatic carbocycles. The Morgan fingerprint density at radius 3 is 2.72 bits per heavy atom. The van der Waals surface area contributed by atoms with E-state index in [1.165, 1.54) is 0 Å². The third-order valence-corrected chi connectivity index (χ3v) is 4.57. The number of amides is 1. The molecule has 1 amide bonds. The maximum atomic E-state index is 12.1. The highest BCUT2D eigenvalue weighted by atomic mass is 79.9. The third-order valence-electron chi connectivity index (χ3n) is 4.05. The van der Waals surface area contributed by atoms with Crippen LogP contribution < -0.4 is 11.1 Å². The molecule has 1 atom stereocenters. The summed E-state index contributed by atoms with van der Waals surface area (Å²) < 4.78 is 7.98. The summed E-state index contributed by atoms with van der Waals surface area (Å²) in [6.45, 7) is 1.80. The van der Waals surface area contributed by atoms with E-state index in [9.17, 15) is 4.79 Å². The molecule has 8 heteroatoms. The normalized spacial score (nSPS) is 16.5. The third kappa shape index (κ3) is 2.64. The van der Waals surface area contributed by atoms with Crippen LogP contribution in [-0.2, 0) is 4.79 Å². The van der Waals surface area contributed by atoms with Crippen molar-refractivity contribution < 1.29 is 9.21 Å². The van der Waals surface area contributed by atoms with Gasteiger partial charge in [0.05, 0.1) is 11.8 Å². The SMILES string of the molecule is CC1=C(C(N)=O)C(c2ccc(Br)cc2)n2nc(-c3ccco3)nc2N1. The highest BCUT2D eigenvalue weighted by molar-refractivity contribution is 9.10. The average Bonchev–Trinajstić information content (AvgIpc) is 3.23. The zero-order valence-electron chi connectivity index (χ0n) is 13.2. The minimum absolute atomic E-state index is 0.438. The molecule has 7 nitrogen and oxygen atoms in total. The summed E-state index contributed by atoms with van der Waals surface area (Å²) in [5, 5.41) is 7.64. The second kappa shape index (κ2) is 5.89. The number of rotatable bonds is 3. The van der Waals surface area contributed by atoms with Gasteiger partial charge in [-0.1, -0.05) is 28.1 Å². The van der Waals surface area contributed by atoms with Crippen LogP contribution in [0.25, 0.3) is 11.6 Å². The first kappa shape index (κ1) is 15.6. The van der Waals surface area contributed by atoms with Crippen molar-refractivity contribution >= 4 is 27.8 Å². The highest BCUT2D eigenvalue weighted by Crippen LogP contribution is 2.36. The fourth-order valence-electron chi connectivity index (χ4n) is 2.93. The summed E-state index contributed by atoms with van der Waals surface area (Å²) in [7, 11) is 0. The van der Waals surface area contributed by atoms with E-state index in [-0.39, 0.29) is 0 Å². The van der Waals surface area contributed by atoms with Gasteiger partial charge in [-0.3, -0.25) is 4.79 Å². The molecule has 0 spiro atoms. The van der Waals surface area contributed by atoms with Crippen LogP contribution in [0.5, 0.6) is 0 Å². The number of carbonyl (C=O) groups is 1. The van der Waals surface area contributed by atoms with Crippen molar-refractivity contribution in [3.8, 4) is 11.6 Å². The lowest BCUT2D eigenvalue weighted by atomic mass is 9.95. The smallest absolute Gasteiger partial charge is 0.248 e. The molecule has 3 aromatic rings. The second-order valence-electron chi connectivity index (χ2n) is 5.66. The second-order valence-corrected chi connectivity index (χ2v) is 6.58. The number of furan rings is 1. The molecule has 1 unspecified atom stereocenters. The van der Waals surface area contributed by atoms with Crippen LogP contribution in [0, 0.1) is 0 Å². The Balaban J connectivity index is 1.89. The summed E-state index contributed by atoms with van der Waals surface area (Å²) in [6.07, 6.45) is 1.56. The molecule has 126 valence electrons. The molecule has 0 saturated heterocycles. The molecular weight excluding hydrogens is 386 g/mol. The molecular formula is C17H14BrN5O2. The highest BCUT2D eigenvalue weighted by Gasteiger charge is 2.33. The Kier molecular flexibility index (Phi) is 3.69. The molecule has 0 radical (unpaired) electrons. The quantitative estimate of drug-likeness (QED) is 0.704. The van der Waals surface area contributed by atoms with Crippen molar-refractivity contribution in [2.24, 2.45) is 5.73 Å². The number of primary amides is 1. The number of aromatic nitrogens is 3. The number of halogens is 1. The minimum atomic E-state index is -0.501. The Bertz CT molecular complexity index is 973. The first-order chi connectivity index (χ1) is 12.0. The number of nitrogens with two attached hydrogens (primary N) is 1. The Morgan fingerprint density at radius 2 is 2.08 bits per heavy atom. The van der Waals surface area contributed by atoms with E-state index in [0.29, 0.717) is 28.8 Å².